The quantitative estimate of drug-likeness (QED) is 0.626. The summed E-state index contributed by atoms with van der Waals surface area (Å²) in [5, 5.41) is 10.5. The van der Waals surface area contributed by atoms with E-state index in [1.807, 2.05) is 0 Å². The number of hydrogen-bond acceptors (Lipinski definition) is 1. The zero-order valence-electron chi connectivity index (χ0n) is 13.9. The van der Waals surface area contributed by atoms with Crippen molar-refractivity contribution in [3.8, 4) is 0 Å². The van der Waals surface area contributed by atoms with Gasteiger partial charge < -0.3 is 5.11 Å². The molecule has 0 amide bonds. The largest absolute Gasteiger partial charge is 0.393 e. The minimum Gasteiger partial charge on any atom is -0.393 e. The second-order valence-electron chi connectivity index (χ2n) is 9.12. The molecule has 4 rings (SSSR count). The molecule has 0 saturated heterocycles. The number of aliphatic hydroxyl groups excluding tert-OH is 1. The third-order valence-electron chi connectivity index (χ3n) is 8.58. The number of allylic oxidation sites excluding steroid dienone is 1. The van der Waals surface area contributed by atoms with Crippen LogP contribution in [0.2, 0.25) is 0 Å². The first-order chi connectivity index (χ1) is 9.97. The molecule has 0 aromatic carbocycles. The van der Waals surface area contributed by atoms with Crippen LogP contribution in [0.15, 0.2) is 12.2 Å². The third kappa shape index (κ3) is 1.79. The maximum absolute atomic E-state index is 10.5. The molecule has 1 N–H and O–H groups in total. The fraction of sp³-hybridized carbons (Fsp3) is 0.900. The van der Waals surface area contributed by atoms with E-state index in [4.69, 9.17) is 0 Å². The Bertz CT molecular complexity index is 455. The number of aliphatic hydroxyl groups is 1. The van der Waals surface area contributed by atoms with E-state index in [0.29, 0.717) is 16.7 Å². The fourth-order valence-corrected chi connectivity index (χ4v) is 7.29. The van der Waals surface area contributed by atoms with Crippen molar-refractivity contribution in [2.45, 2.75) is 77.7 Å². The second kappa shape index (κ2) is 4.60. The molecular weight excluding hydrogens is 256 g/mol. The maximum Gasteiger partial charge on any atom is 0.0573 e. The van der Waals surface area contributed by atoms with Gasteiger partial charge in [-0.2, -0.15) is 0 Å². The molecule has 1 nitrogen and oxygen atoms in total. The van der Waals surface area contributed by atoms with Gasteiger partial charge in [0.15, 0.2) is 0 Å². The van der Waals surface area contributed by atoms with Gasteiger partial charge in [0.25, 0.3) is 0 Å². The Labute approximate surface area is 130 Å². The SMILES string of the molecule is C=C1CC[C@H]2[C@@H]3CC[C@H]4C(O)CCC[C@]4(C)[C@H]3CC[C@]12C. The highest BCUT2D eigenvalue weighted by atomic mass is 16.3. The molecule has 0 bridgehead atoms. The Balaban J connectivity index is 1.66. The minimum absolute atomic E-state index is 0.0171. The van der Waals surface area contributed by atoms with Crippen LogP contribution in [0.1, 0.15) is 71.6 Å². The van der Waals surface area contributed by atoms with E-state index in [1.54, 1.807) is 5.57 Å². The highest BCUT2D eigenvalue weighted by Crippen LogP contribution is 2.67. The predicted molar refractivity (Wildman–Crippen MR) is 86.9 cm³/mol. The van der Waals surface area contributed by atoms with Gasteiger partial charge in [0.1, 0.15) is 0 Å². The van der Waals surface area contributed by atoms with Crippen LogP contribution in [0.5, 0.6) is 0 Å². The van der Waals surface area contributed by atoms with Gasteiger partial charge in [-0.3, -0.25) is 0 Å². The van der Waals surface area contributed by atoms with Crippen LogP contribution in [0.25, 0.3) is 0 Å². The maximum atomic E-state index is 10.5. The number of fused-ring (bicyclic) bond motifs is 5. The van der Waals surface area contributed by atoms with Crippen LogP contribution in [0.3, 0.4) is 0 Å². The molecular formula is C20H32O. The van der Waals surface area contributed by atoms with Crippen molar-refractivity contribution in [2.75, 3.05) is 0 Å². The van der Waals surface area contributed by atoms with E-state index in [1.165, 1.54) is 51.4 Å². The molecule has 118 valence electrons. The van der Waals surface area contributed by atoms with E-state index in [9.17, 15) is 5.11 Å². The van der Waals surface area contributed by atoms with Gasteiger partial charge >= 0.3 is 0 Å². The van der Waals surface area contributed by atoms with E-state index in [-0.39, 0.29) is 6.10 Å². The topological polar surface area (TPSA) is 20.2 Å². The molecule has 0 radical (unpaired) electrons. The first-order valence-corrected chi connectivity index (χ1v) is 9.33. The van der Waals surface area contributed by atoms with Crippen LogP contribution in [0, 0.1) is 34.5 Å². The van der Waals surface area contributed by atoms with Crippen molar-refractivity contribution in [1.82, 2.24) is 0 Å². The molecule has 4 fully saturated rings. The normalized spacial score (nSPS) is 56.5. The lowest BCUT2D eigenvalue weighted by atomic mass is 9.45. The molecule has 1 heteroatoms. The van der Waals surface area contributed by atoms with E-state index < -0.39 is 0 Å². The molecule has 4 aliphatic rings. The van der Waals surface area contributed by atoms with Crippen molar-refractivity contribution in [3.63, 3.8) is 0 Å². The lowest BCUT2D eigenvalue weighted by Crippen LogP contribution is -2.55. The summed E-state index contributed by atoms with van der Waals surface area (Å²) in [5.74, 6) is 3.26. The van der Waals surface area contributed by atoms with Crippen molar-refractivity contribution >= 4 is 0 Å². The second-order valence-corrected chi connectivity index (χ2v) is 9.12. The van der Waals surface area contributed by atoms with Gasteiger partial charge in [-0.05, 0) is 85.9 Å². The van der Waals surface area contributed by atoms with Crippen LogP contribution in [-0.4, -0.2) is 11.2 Å². The molecule has 0 spiro atoms. The molecule has 21 heavy (non-hydrogen) atoms. The molecule has 4 aliphatic carbocycles. The van der Waals surface area contributed by atoms with Gasteiger partial charge in [0.05, 0.1) is 6.10 Å². The van der Waals surface area contributed by atoms with Gasteiger partial charge in [-0.25, -0.2) is 0 Å². The lowest BCUT2D eigenvalue weighted by molar-refractivity contribution is -0.135. The van der Waals surface area contributed by atoms with Gasteiger partial charge in [-0.15, -0.1) is 0 Å². The molecule has 4 saturated carbocycles. The van der Waals surface area contributed by atoms with Crippen LogP contribution in [0.4, 0.5) is 0 Å². The summed E-state index contributed by atoms with van der Waals surface area (Å²) in [4.78, 5) is 0. The van der Waals surface area contributed by atoms with E-state index in [0.717, 1.165) is 24.2 Å². The Morgan fingerprint density at radius 1 is 0.952 bits per heavy atom. The Hall–Kier alpha value is -0.300. The zero-order valence-corrected chi connectivity index (χ0v) is 13.9. The molecule has 0 heterocycles. The van der Waals surface area contributed by atoms with Crippen molar-refractivity contribution in [1.29, 1.82) is 0 Å². The Morgan fingerprint density at radius 3 is 2.57 bits per heavy atom. The minimum atomic E-state index is -0.0171. The summed E-state index contributed by atoms with van der Waals surface area (Å²) in [6.07, 6.45) is 11.7. The van der Waals surface area contributed by atoms with Gasteiger partial charge in [-0.1, -0.05) is 32.4 Å². The average Bonchev–Trinajstić information content (AvgIpc) is 2.75. The van der Waals surface area contributed by atoms with Crippen LogP contribution in [-0.2, 0) is 0 Å². The number of hydrogen-bond donors (Lipinski definition) is 1. The summed E-state index contributed by atoms with van der Waals surface area (Å²) in [7, 11) is 0. The summed E-state index contributed by atoms with van der Waals surface area (Å²) >= 11 is 0. The van der Waals surface area contributed by atoms with E-state index in [2.05, 4.69) is 20.4 Å². The smallest absolute Gasteiger partial charge is 0.0573 e. The van der Waals surface area contributed by atoms with Crippen molar-refractivity contribution in [2.24, 2.45) is 34.5 Å². The van der Waals surface area contributed by atoms with Crippen LogP contribution < -0.4 is 0 Å². The zero-order chi connectivity index (χ0) is 14.8. The van der Waals surface area contributed by atoms with Gasteiger partial charge in [0.2, 0.25) is 0 Å². The van der Waals surface area contributed by atoms with Crippen molar-refractivity contribution < 1.29 is 5.11 Å². The molecule has 1 unspecified atom stereocenters. The summed E-state index contributed by atoms with van der Waals surface area (Å²) in [5.41, 5.74) is 2.41. The van der Waals surface area contributed by atoms with Gasteiger partial charge in [0, 0.05) is 0 Å². The molecule has 0 aromatic rings. The predicted octanol–water partition coefficient (Wildman–Crippen LogP) is 4.95. The molecule has 0 aliphatic heterocycles. The average molecular weight is 288 g/mol. The number of rotatable bonds is 0. The molecule has 7 atom stereocenters. The van der Waals surface area contributed by atoms with Crippen molar-refractivity contribution in [3.05, 3.63) is 12.2 Å². The Kier molecular flexibility index (Phi) is 3.13. The lowest BCUT2D eigenvalue weighted by Gasteiger charge is -2.60. The third-order valence-corrected chi connectivity index (χ3v) is 8.58. The first kappa shape index (κ1) is 14.3. The summed E-state index contributed by atoms with van der Waals surface area (Å²) < 4.78 is 0. The van der Waals surface area contributed by atoms with E-state index >= 15 is 0 Å². The Morgan fingerprint density at radius 2 is 1.76 bits per heavy atom. The fourth-order valence-electron chi connectivity index (χ4n) is 7.29. The highest BCUT2D eigenvalue weighted by Gasteiger charge is 2.59. The standard InChI is InChI=1S/C20H32O/c1-13-6-8-15-14-7-9-17-18(21)5-4-11-20(17,3)16(14)10-12-19(13,15)2/h14-18,21H,1,4-12H2,2-3H3/t14-,15-,16-,17-,18?,19+,20+/m0/s1. The first-order valence-electron chi connectivity index (χ1n) is 9.33. The summed E-state index contributed by atoms with van der Waals surface area (Å²) in [6.45, 7) is 9.46. The summed E-state index contributed by atoms with van der Waals surface area (Å²) in [6, 6.07) is 0. The monoisotopic (exact) mass is 288 g/mol. The molecule has 0 aromatic heterocycles. The highest BCUT2D eigenvalue weighted by molar-refractivity contribution is 5.21. The van der Waals surface area contributed by atoms with Crippen LogP contribution >= 0.6 is 0 Å².